The van der Waals surface area contributed by atoms with E-state index in [1.54, 1.807) is 0 Å². The molecule has 0 bridgehead atoms. The van der Waals surface area contributed by atoms with Crippen LogP contribution >= 0.6 is 0 Å². The molecule has 3 nitrogen and oxygen atoms in total. The van der Waals surface area contributed by atoms with Crippen molar-refractivity contribution in [1.82, 2.24) is 4.57 Å². The predicted molar refractivity (Wildman–Crippen MR) is 44.1 cm³/mol. The maximum Gasteiger partial charge on any atom is 0.151 e. The highest BCUT2D eigenvalue weighted by Crippen LogP contribution is 2.30. The van der Waals surface area contributed by atoms with E-state index >= 15 is 0 Å². The summed E-state index contributed by atoms with van der Waals surface area (Å²) in [5, 5.41) is 9.53. The van der Waals surface area contributed by atoms with Crippen molar-refractivity contribution in [3.8, 4) is 0 Å². The number of aromatic nitrogens is 1. The molecule has 0 saturated heterocycles. The molecule has 2 rings (SSSR count). The Kier molecular flexibility index (Phi) is 1.54. The third kappa shape index (κ3) is 0.830. The lowest BCUT2D eigenvalue weighted by atomic mass is 10.1. The SMILES string of the molecule is Cc1cc(C=O)c2n1CCC2O. The smallest absolute Gasteiger partial charge is 0.151 e. The largest absolute Gasteiger partial charge is 0.387 e. The molecule has 0 aliphatic carbocycles. The number of aliphatic hydroxyl groups is 1. The molecule has 64 valence electrons. The fourth-order valence-corrected chi connectivity index (χ4v) is 1.87. The van der Waals surface area contributed by atoms with E-state index in [-0.39, 0.29) is 0 Å². The summed E-state index contributed by atoms with van der Waals surface area (Å²) in [6.07, 6.45) is 1.10. The highest BCUT2D eigenvalue weighted by atomic mass is 16.3. The summed E-state index contributed by atoms with van der Waals surface area (Å²) in [6.45, 7) is 2.78. The van der Waals surface area contributed by atoms with Gasteiger partial charge in [-0.3, -0.25) is 4.79 Å². The van der Waals surface area contributed by atoms with Crippen LogP contribution in [0.2, 0.25) is 0 Å². The van der Waals surface area contributed by atoms with Gasteiger partial charge in [0.05, 0.1) is 11.8 Å². The van der Waals surface area contributed by atoms with Gasteiger partial charge in [-0.1, -0.05) is 0 Å². The summed E-state index contributed by atoms with van der Waals surface area (Å²) in [5.41, 5.74) is 2.49. The van der Waals surface area contributed by atoms with Gasteiger partial charge in [-0.25, -0.2) is 0 Å². The van der Waals surface area contributed by atoms with Crippen LogP contribution in [0.5, 0.6) is 0 Å². The molecule has 1 atom stereocenters. The van der Waals surface area contributed by atoms with Gasteiger partial charge in [0, 0.05) is 17.8 Å². The Bertz CT molecular complexity index is 328. The maximum absolute atomic E-state index is 10.6. The van der Waals surface area contributed by atoms with Crippen molar-refractivity contribution in [2.75, 3.05) is 0 Å². The Hall–Kier alpha value is -1.09. The van der Waals surface area contributed by atoms with Crippen LogP contribution in [0.15, 0.2) is 6.07 Å². The molecule has 0 spiro atoms. The van der Waals surface area contributed by atoms with E-state index in [4.69, 9.17) is 0 Å². The van der Waals surface area contributed by atoms with Gasteiger partial charge >= 0.3 is 0 Å². The van der Waals surface area contributed by atoms with Crippen LogP contribution in [0, 0.1) is 6.92 Å². The minimum atomic E-state index is -0.445. The van der Waals surface area contributed by atoms with E-state index in [2.05, 4.69) is 0 Å². The highest BCUT2D eigenvalue weighted by Gasteiger charge is 2.25. The number of hydrogen-bond acceptors (Lipinski definition) is 2. The summed E-state index contributed by atoms with van der Waals surface area (Å²) in [6, 6.07) is 1.82. The number of carbonyl (C=O) groups is 1. The number of hydrogen-bond donors (Lipinski definition) is 1. The number of nitrogens with zero attached hydrogens (tertiary/aromatic N) is 1. The standard InChI is InChI=1S/C9H11NO2/c1-6-4-7(5-11)9-8(12)2-3-10(6)9/h4-5,8,12H,2-3H2,1H3. The van der Waals surface area contributed by atoms with E-state index in [0.29, 0.717) is 5.56 Å². The Labute approximate surface area is 70.6 Å². The second-order valence-electron chi connectivity index (χ2n) is 3.20. The molecular formula is C9H11NO2. The van der Waals surface area contributed by atoms with Gasteiger partial charge < -0.3 is 9.67 Å². The van der Waals surface area contributed by atoms with Crippen molar-refractivity contribution >= 4 is 6.29 Å². The lowest BCUT2D eigenvalue weighted by Crippen LogP contribution is -1.96. The van der Waals surface area contributed by atoms with Crippen LogP contribution in [-0.4, -0.2) is 16.0 Å². The molecule has 3 heteroatoms. The molecule has 1 aromatic heterocycles. The zero-order chi connectivity index (χ0) is 8.72. The normalized spacial score (nSPS) is 21.0. The lowest BCUT2D eigenvalue weighted by Gasteiger charge is -2.00. The zero-order valence-corrected chi connectivity index (χ0v) is 6.95. The summed E-state index contributed by atoms with van der Waals surface area (Å²) < 4.78 is 2.01. The minimum Gasteiger partial charge on any atom is -0.387 e. The van der Waals surface area contributed by atoms with Gasteiger partial charge in [0.2, 0.25) is 0 Å². The van der Waals surface area contributed by atoms with Crippen molar-refractivity contribution in [3.63, 3.8) is 0 Å². The molecule has 1 aliphatic rings. The molecule has 0 fully saturated rings. The van der Waals surface area contributed by atoms with Gasteiger partial charge in [0.1, 0.15) is 0 Å². The lowest BCUT2D eigenvalue weighted by molar-refractivity contribution is 0.111. The molecule has 0 amide bonds. The first-order valence-electron chi connectivity index (χ1n) is 4.07. The topological polar surface area (TPSA) is 42.2 Å². The Morgan fingerprint density at radius 1 is 1.75 bits per heavy atom. The van der Waals surface area contributed by atoms with Crippen LogP contribution < -0.4 is 0 Å². The summed E-state index contributed by atoms with van der Waals surface area (Å²) in [4.78, 5) is 10.6. The number of aliphatic hydroxyl groups excluding tert-OH is 1. The highest BCUT2D eigenvalue weighted by molar-refractivity contribution is 5.77. The van der Waals surface area contributed by atoms with Gasteiger partial charge in [-0.05, 0) is 19.4 Å². The summed E-state index contributed by atoms with van der Waals surface area (Å²) in [7, 11) is 0. The van der Waals surface area contributed by atoms with Crippen molar-refractivity contribution in [3.05, 3.63) is 23.0 Å². The number of rotatable bonds is 1. The Balaban J connectivity index is 2.61. The number of fused-ring (bicyclic) bond motifs is 1. The molecule has 0 saturated carbocycles. The number of carbonyl (C=O) groups excluding carboxylic acids is 1. The summed E-state index contributed by atoms with van der Waals surface area (Å²) >= 11 is 0. The first-order chi connectivity index (χ1) is 5.74. The average molecular weight is 165 g/mol. The number of aryl methyl sites for hydroxylation is 1. The van der Waals surface area contributed by atoms with E-state index in [1.807, 2.05) is 17.6 Å². The molecule has 2 heterocycles. The second kappa shape index (κ2) is 2.45. The molecule has 1 aromatic rings. The molecule has 0 radical (unpaired) electrons. The molecule has 1 N–H and O–H groups in total. The predicted octanol–water partition coefficient (Wildman–Crippen LogP) is 1.05. The van der Waals surface area contributed by atoms with Gasteiger partial charge in [-0.15, -0.1) is 0 Å². The van der Waals surface area contributed by atoms with Gasteiger partial charge in [0.25, 0.3) is 0 Å². The Morgan fingerprint density at radius 2 is 2.50 bits per heavy atom. The molecule has 1 unspecified atom stereocenters. The van der Waals surface area contributed by atoms with Gasteiger partial charge in [0.15, 0.2) is 6.29 Å². The van der Waals surface area contributed by atoms with Crippen molar-refractivity contribution < 1.29 is 9.90 Å². The third-order valence-electron chi connectivity index (χ3n) is 2.45. The number of aldehydes is 1. The second-order valence-corrected chi connectivity index (χ2v) is 3.20. The van der Waals surface area contributed by atoms with Crippen LogP contribution in [0.4, 0.5) is 0 Å². The summed E-state index contributed by atoms with van der Waals surface area (Å²) in [5.74, 6) is 0. The minimum absolute atomic E-state index is 0.445. The molecule has 12 heavy (non-hydrogen) atoms. The first kappa shape index (κ1) is 7.55. The van der Waals surface area contributed by atoms with Crippen LogP contribution in [-0.2, 0) is 6.54 Å². The zero-order valence-electron chi connectivity index (χ0n) is 6.95. The van der Waals surface area contributed by atoms with Crippen LogP contribution in [0.3, 0.4) is 0 Å². The van der Waals surface area contributed by atoms with Gasteiger partial charge in [-0.2, -0.15) is 0 Å². The van der Waals surface area contributed by atoms with E-state index in [9.17, 15) is 9.90 Å². The maximum atomic E-state index is 10.6. The quantitative estimate of drug-likeness (QED) is 0.632. The molecule has 1 aliphatic heterocycles. The van der Waals surface area contributed by atoms with E-state index in [0.717, 1.165) is 30.6 Å². The third-order valence-corrected chi connectivity index (χ3v) is 2.45. The van der Waals surface area contributed by atoms with Crippen LogP contribution in [0.25, 0.3) is 0 Å². The monoisotopic (exact) mass is 165 g/mol. The Morgan fingerprint density at radius 3 is 3.17 bits per heavy atom. The van der Waals surface area contributed by atoms with Crippen molar-refractivity contribution in [1.29, 1.82) is 0 Å². The molecule has 0 aromatic carbocycles. The molecular weight excluding hydrogens is 154 g/mol. The first-order valence-corrected chi connectivity index (χ1v) is 4.07. The van der Waals surface area contributed by atoms with E-state index in [1.165, 1.54) is 0 Å². The van der Waals surface area contributed by atoms with Crippen molar-refractivity contribution in [2.24, 2.45) is 0 Å². The van der Waals surface area contributed by atoms with Crippen molar-refractivity contribution in [2.45, 2.75) is 26.0 Å². The fraction of sp³-hybridized carbons (Fsp3) is 0.444. The average Bonchev–Trinajstić information content (AvgIpc) is 2.56. The fourth-order valence-electron chi connectivity index (χ4n) is 1.87. The van der Waals surface area contributed by atoms with E-state index < -0.39 is 6.10 Å². The van der Waals surface area contributed by atoms with Crippen LogP contribution in [0.1, 0.15) is 34.3 Å².